The molecule has 4 nitrogen and oxygen atoms in total. The van der Waals surface area contributed by atoms with Crippen molar-refractivity contribution in [3.05, 3.63) is 28.8 Å². The lowest BCUT2D eigenvalue weighted by Gasteiger charge is -2.33. The summed E-state index contributed by atoms with van der Waals surface area (Å²) in [5.41, 5.74) is 2.85. The van der Waals surface area contributed by atoms with Crippen LogP contribution in [0.5, 0.6) is 5.75 Å². The predicted molar refractivity (Wildman–Crippen MR) is 78.3 cm³/mol. The average molecular weight is 277 g/mol. The number of hydrogen-bond donors (Lipinski definition) is 1. The summed E-state index contributed by atoms with van der Waals surface area (Å²) in [6, 6.07) is 3.35. The van der Waals surface area contributed by atoms with Gasteiger partial charge < -0.3 is 9.84 Å². The Balaban J connectivity index is 2.38. The van der Waals surface area contributed by atoms with Crippen LogP contribution in [-0.4, -0.2) is 36.2 Å². The first kappa shape index (κ1) is 14.9. The highest BCUT2D eigenvalue weighted by atomic mass is 16.5. The fourth-order valence-electron chi connectivity index (χ4n) is 2.99. The molecule has 1 saturated heterocycles. The topological polar surface area (TPSA) is 49.8 Å². The van der Waals surface area contributed by atoms with E-state index in [0.29, 0.717) is 0 Å². The van der Waals surface area contributed by atoms with Gasteiger partial charge in [0.2, 0.25) is 0 Å². The molecule has 1 unspecified atom stereocenters. The van der Waals surface area contributed by atoms with Crippen molar-refractivity contribution in [1.82, 2.24) is 4.90 Å². The summed E-state index contributed by atoms with van der Waals surface area (Å²) in [5.74, 6) is 0.0496. The molecule has 20 heavy (non-hydrogen) atoms. The number of ether oxygens (including phenoxy) is 1. The second kappa shape index (κ2) is 6.27. The van der Waals surface area contributed by atoms with Gasteiger partial charge in [0.15, 0.2) is 0 Å². The van der Waals surface area contributed by atoms with E-state index in [4.69, 9.17) is 4.74 Å². The Labute approximate surface area is 120 Å². The maximum Gasteiger partial charge on any atom is 0.325 e. The SMILES string of the molecule is COc1cc(C)c(C(C(=O)O)N2CCCCC2)cc1C. The third-order valence-corrected chi connectivity index (χ3v) is 4.07. The van der Waals surface area contributed by atoms with Gasteiger partial charge in [0.1, 0.15) is 11.8 Å². The largest absolute Gasteiger partial charge is 0.496 e. The number of benzene rings is 1. The van der Waals surface area contributed by atoms with Crippen LogP contribution in [0.15, 0.2) is 12.1 Å². The van der Waals surface area contributed by atoms with Crippen molar-refractivity contribution >= 4 is 5.97 Å². The highest BCUT2D eigenvalue weighted by Gasteiger charge is 2.30. The minimum Gasteiger partial charge on any atom is -0.496 e. The maximum atomic E-state index is 11.7. The molecule has 1 N–H and O–H groups in total. The van der Waals surface area contributed by atoms with E-state index in [2.05, 4.69) is 4.90 Å². The molecule has 0 aliphatic carbocycles. The average Bonchev–Trinajstić information content (AvgIpc) is 2.43. The molecule has 110 valence electrons. The molecule has 2 rings (SSSR count). The maximum absolute atomic E-state index is 11.7. The Kier molecular flexibility index (Phi) is 4.65. The van der Waals surface area contributed by atoms with Crippen LogP contribution < -0.4 is 4.74 Å². The normalized spacial score (nSPS) is 17.8. The first-order valence-electron chi connectivity index (χ1n) is 7.16. The summed E-state index contributed by atoms with van der Waals surface area (Å²) in [7, 11) is 1.64. The smallest absolute Gasteiger partial charge is 0.325 e. The molecular weight excluding hydrogens is 254 g/mol. The molecule has 1 atom stereocenters. The summed E-state index contributed by atoms with van der Waals surface area (Å²) < 4.78 is 5.31. The number of hydrogen-bond acceptors (Lipinski definition) is 3. The van der Waals surface area contributed by atoms with Crippen molar-refractivity contribution in [2.45, 2.75) is 39.2 Å². The summed E-state index contributed by atoms with van der Waals surface area (Å²) in [4.78, 5) is 13.8. The van der Waals surface area contributed by atoms with E-state index in [1.165, 1.54) is 6.42 Å². The second-order valence-electron chi connectivity index (χ2n) is 5.52. The van der Waals surface area contributed by atoms with Crippen molar-refractivity contribution in [3.8, 4) is 5.75 Å². The minimum absolute atomic E-state index is 0.542. The van der Waals surface area contributed by atoms with E-state index in [-0.39, 0.29) is 0 Å². The van der Waals surface area contributed by atoms with Crippen LogP contribution >= 0.6 is 0 Å². The van der Waals surface area contributed by atoms with Crippen LogP contribution in [0.4, 0.5) is 0 Å². The van der Waals surface area contributed by atoms with E-state index in [0.717, 1.165) is 48.4 Å². The number of piperidine rings is 1. The molecule has 0 bridgehead atoms. The molecule has 0 spiro atoms. The molecule has 1 aliphatic heterocycles. The quantitative estimate of drug-likeness (QED) is 0.919. The van der Waals surface area contributed by atoms with Gasteiger partial charge in [0.05, 0.1) is 7.11 Å². The lowest BCUT2D eigenvalue weighted by Crippen LogP contribution is -2.38. The highest BCUT2D eigenvalue weighted by Crippen LogP contribution is 2.31. The van der Waals surface area contributed by atoms with Gasteiger partial charge in [0, 0.05) is 0 Å². The van der Waals surface area contributed by atoms with Gasteiger partial charge in [-0.05, 0) is 68.6 Å². The Bertz CT molecular complexity index is 493. The molecule has 0 aromatic heterocycles. The number of methoxy groups -OCH3 is 1. The third kappa shape index (κ3) is 2.96. The van der Waals surface area contributed by atoms with E-state index in [9.17, 15) is 9.90 Å². The van der Waals surface area contributed by atoms with Gasteiger partial charge in [-0.3, -0.25) is 9.69 Å². The Morgan fingerprint density at radius 1 is 1.20 bits per heavy atom. The molecular formula is C16H23NO3. The molecule has 1 aliphatic rings. The van der Waals surface area contributed by atoms with E-state index in [1.54, 1.807) is 7.11 Å². The van der Waals surface area contributed by atoms with Crippen LogP contribution in [0.2, 0.25) is 0 Å². The molecule has 1 fully saturated rings. The van der Waals surface area contributed by atoms with Gasteiger partial charge in [-0.15, -0.1) is 0 Å². The number of likely N-dealkylation sites (tertiary alicyclic amines) is 1. The van der Waals surface area contributed by atoms with Gasteiger partial charge in [-0.25, -0.2) is 0 Å². The highest BCUT2D eigenvalue weighted by molar-refractivity contribution is 5.76. The second-order valence-corrected chi connectivity index (χ2v) is 5.52. The number of carbonyl (C=O) groups is 1. The molecule has 1 heterocycles. The van der Waals surface area contributed by atoms with Gasteiger partial charge in [-0.1, -0.05) is 6.42 Å². The fourth-order valence-corrected chi connectivity index (χ4v) is 2.99. The zero-order valence-electron chi connectivity index (χ0n) is 12.5. The molecule has 0 amide bonds. The first-order chi connectivity index (χ1) is 9.54. The number of rotatable bonds is 4. The molecule has 1 aromatic rings. The van der Waals surface area contributed by atoms with E-state index >= 15 is 0 Å². The Hall–Kier alpha value is -1.55. The van der Waals surface area contributed by atoms with E-state index in [1.807, 2.05) is 26.0 Å². The number of aryl methyl sites for hydroxylation is 2. The van der Waals surface area contributed by atoms with Crippen LogP contribution in [0, 0.1) is 13.8 Å². The van der Waals surface area contributed by atoms with Gasteiger partial charge in [0.25, 0.3) is 0 Å². The molecule has 0 radical (unpaired) electrons. The molecule has 1 aromatic carbocycles. The lowest BCUT2D eigenvalue weighted by molar-refractivity contribution is -0.144. The number of aliphatic carboxylic acids is 1. The van der Waals surface area contributed by atoms with Crippen LogP contribution in [-0.2, 0) is 4.79 Å². The standard InChI is InChI=1S/C16H23NO3/c1-11-10-14(20-3)12(2)9-13(11)15(16(18)19)17-7-5-4-6-8-17/h9-10,15H,4-8H2,1-3H3,(H,18,19). The van der Waals surface area contributed by atoms with Crippen LogP contribution in [0.25, 0.3) is 0 Å². The van der Waals surface area contributed by atoms with Crippen LogP contribution in [0.3, 0.4) is 0 Å². The van der Waals surface area contributed by atoms with E-state index < -0.39 is 12.0 Å². The fraction of sp³-hybridized carbons (Fsp3) is 0.562. The van der Waals surface area contributed by atoms with Crippen molar-refractivity contribution < 1.29 is 14.6 Å². The van der Waals surface area contributed by atoms with Gasteiger partial charge in [-0.2, -0.15) is 0 Å². The van der Waals surface area contributed by atoms with Crippen molar-refractivity contribution in [2.24, 2.45) is 0 Å². The molecule has 4 heteroatoms. The Morgan fingerprint density at radius 3 is 2.40 bits per heavy atom. The molecule has 0 saturated carbocycles. The lowest BCUT2D eigenvalue weighted by atomic mass is 9.95. The third-order valence-electron chi connectivity index (χ3n) is 4.07. The first-order valence-corrected chi connectivity index (χ1v) is 7.16. The predicted octanol–water partition coefficient (Wildman–Crippen LogP) is 2.92. The summed E-state index contributed by atoms with van der Waals surface area (Å²) in [6.07, 6.45) is 3.36. The van der Waals surface area contributed by atoms with Crippen molar-refractivity contribution in [1.29, 1.82) is 0 Å². The summed E-state index contributed by atoms with van der Waals surface area (Å²) >= 11 is 0. The van der Waals surface area contributed by atoms with Crippen molar-refractivity contribution in [3.63, 3.8) is 0 Å². The summed E-state index contributed by atoms with van der Waals surface area (Å²) in [5, 5.41) is 9.65. The zero-order chi connectivity index (χ0) is 14.7. The number of nitrogens with zero attached hydrogens (tertiary/aromatic N) is 1. The van der Waals surface area contributed by atoms with Crippen LogP contribution in [0.1, 0.15) is 42.0 Å². The van der Waals surface area contributed by atoms with Crippen molar-refractivity contribution in [2.75, 3.05) is 20.2 Å². The minimum atomic E-state index is -0.764. The Morgan fingerprint density at radius 2 is 1.85 bits per heavy atom. The monoisotopic (exact) mass is 277 g/mol. The van der Waals surface area contributed by atoms with Gasteiger partial charge >= 0.3 is 5.97 Å². The zero-order valence-corrected chi connectivity index (χ0v) is 12.5. The number of carboxylic acid groups (broad SMARTS) is 1. The summed E-state index contributed by atoms with van der Waals surface area (Å²) in [6.45, 7) is 5.64. The number of carboxylic acids is 1.